The van der Waals surface area contributed by atoms with Crippen LogP contribution in [0.1, 0.15) is 54.0 Å². The summed E-state index contributed by atoms with van der Waals surface area (Å²) in [7, 11) is 0. The number of carbonyl (C=O) groups is 1. The van der Waals surface area contributed by atoms with Crippen molar-refractivity contribution in [2.75, 3.05) is 6.54 Å². The molecular weight excluding hydrogens is 346 g/mol. The molecule has 0 saturated carbocycles. The van der Waals surface area contributed by atoms with E-state index in [0.29, 0.717) is 12.5 Å². The zero-order valence-corrected chi connectivity index (χ0v) is 17.5. The molecule has 0 aliphatic heterocycles. The van der Waals surface area contributed by atoms with Gasteiger partial charge in [0.15, 0.2) is 0 Å². The summed E-state index contributed by atoms with van der Waals surface area (Å²) in [5.41, 5.74) is 5.22. The lowest BCUT2D eigenvalue weighted by molar-refractivity contribution is 0.0952. The van der Waals surface area contributed by atoms with Crippen LogP contribution >= 0.6 is 0 Å². The van der Waals surface area contributed by atoms with E-state index in [1.165, 1.54) is 11.1 Å². The van der Waals surface area contributed by atoms with E-state index in [2.05, 4.69) is 41.9 Å². The van der Waals surface area contributed by atoms with Gasteiger partial charge < -0.3 is 9.88 Å². The first kappa shape index (κ1) is 20.1. The number of para-hydroxylation sites is 2. The molecule has 1 aromatic heterocycles. The average molecular weight is 378 g/mol. The monoisotopic (exact) mass is 377 g/mol. The highest BCUT2D eigenvalue weighted by Crippen LogP contribution is 2.20. The lowest BCUT2D eigenvalue weighted by atomic mass is 10.1. The number of hydrogen-bond donors (Lipinski definition) is 1. The van der Waals surface area contributed by atoms with Gasteiger partial charge in [-0.2, -0.15) is 0 Å². The molecule has 28 heavy (non-hydrogen) atoms. The second kappa shape index (κ2) is 9.05. The molecule has 3 aromatic rings. The fourth-order valence-electron chi connectivity index (χ4n) is 3.57. The standard InChI is InChI=1S/C24H31N3O/c1-5-17(2)16-27-22-10-7-6-9-21(22)26-23(27)11-8-14-25-24(28)20-13-12-18(3)15-19(20)4/h6-7,9-10,12-13,15,17H,5,8,11,14,16H2,1-4H3,(H,25,28). The SMILES string of the molecule is CCC(C)Cn1c(CCCNC(=O)c2ccc(C)cc2C)nc2ccccc21. The van der Waals surface area contributed by atoms with Crippen LogP contribution < -0.4 is 5.32 Å². The maximum atomic E-state index is 12.4. The lowest BCUT2D eigenvalue weighted by Gasteiger charge is -2.14. The van der Waals surface area contributed by atoms with Crippen LogP contribution in [0.2, 0.25) is 0 Å². The second-order valence-corrected chi connectivity index (χ2v) is 7.82. The normalized spacial score (nSPS) is 12.3. The Morgan fingerprint density at radius 3 is 2.71 bits per heavy atom. The van der Waals surface area contributed by atoms with E-state index in [0.717, 1.165) is 48.3 Å². The van der Waals surface area contributed by atoms with Gasteiger partial charge >= 0.3 is 0 Å². The van der Waals surface area contributed by atoms with Crippen molar-refractivity contribution in [1.29, 1.82) is 0 Å². The molecule has 0 radical (unpaired) electrons. The van der Waals surface area contributed by atoms with Gasteiger partial charge in [0.1, 0.15) is 5.82 Å². The number of aromatic nitrogens is 2. The third-order valence-electron chi connectivity index (χ3n) is 5.41. The van der Waals surface area contributed by atoms with E-state index < -0.39 is 0 Å². The third-order valence-corrected chi connectivity index (χ3v) is 5.41. The van der Waals surface area contributed by atoms with Gasteiger partial charge in [-0.25, -0.2) is 4.98 Å². The van der Waals surface area contributed by atoms with E-state index in [-0.39, 0.29) is 5.91 Å². The van der Waals surface area contributed by atoms with E-state index >= 15 is 0 Å². The predicted molar refractivity (Wildman–Crippen MR) is 116 cm³/mol. The van der Waals surface area contributed by atoms with Gasteiger partial charge in [0.05, 0.1) is 11.0 Å². The number of rotatable bonds is 8. The van der Waals surface area contributed by atoms with Gasteiger partial charge in [0.25, 0.3) is 5.91 Å². The largest absolute Gasteiger partial charge is 0.352 e. The van der Waals surface area contributed by atoms with Crippen molar-refractivity contribution in [2.24, 2.45) is 5.92 Å². The molecule has 1 N–H and O–H groups in total. The molecule has 0 fully saturated rings. The average Bonchev–Trinajstić information content (AvgIpc) is 3.02. The van der Waals surface area contributed by atoms with E-state index in [1.807, 2.05) is 38.1 Å². The van der Waals surface area contributed by atoms with Crippen LogP contribution in [0.4, 0.5) is 0 Å². The van der Waals surface area contributed by atoms with Gasteiger partial charge in [-0.05, 0) is 49.9 Å². The summed E-state index contributed by atoms with van der Waals surface area (Å²) in [5, 5.41) is 3.06. The molecule has 1 unspecified atom stereocenters. The first-order valence-electron chi connectivity index (χ1n) is 10.3. The topological polar surface area (TPSA) is 46.9 Å². The maximum absolute atomic E-state index is 12.4. The number of carbonyl (C=O) groups excluding carboxylic acids is 1. The molecule has 1 atom stereocenters. The first-order chi connectivity index (χ1) is 13.5. The zero-order valence-electron chi connectivity index (χ0n) is 17.5. The van der Waals surface area contributed by atoms with Crippen LogP contribution in [0.25, 0.3) is 11.0 Å². The molecule has 1 amide bonds. The van der Waals surface area contributed by atoms with Gasteiger partial charge in [0, 0.05) is 25.1 Å². The summed E-state index contributed by atoms with van der Waals surface area (Å²) in [6.07, 6.45) is 2.89. The van der Waals surface area contributed by atoms with Crippen molar-refractivity contribution >= 4 is 16.9 Å². The number of nitrogens with zero attached hydrogens (tertiary/aromatic N) is 2. The van der Waals surface area contributed by atoms with Crippen LogP contribution in [-0.2, 0) is 13.0 Å². The Morgan fingerprint density at radius 1 is 1.18 bits per heavy atom. The molecule has 3 rings (SSSR count). The Hall–Kier alpha value is -2.62. The molecule has 0 bridgehead atoms. The smallest absolute Gasteiger partial charge is 0.251 e. The van der Waals surface area contributed by atoms with Gasteiger partial charge in [-0.3, -0.25) is 4.79 Å². The minimum absolute atomic E-state index is 0.00519. The Labute approximate surface area is 168 Å². The number of fused-ring (bicyclic) bond motifs is 1. The number of amides is 1. The molecule has 2 aromatic carbocycles. The van der Waals surface area contributed by atoms with E-state index in [9.17, 15) is 4.79 Å². The Kier molecular flexibility index (Phi) is 6.50. The van der Waals surface area contributed by atoms with Gasteiger partial charge in [-0.15, -0.1) is 0 Å². The number of nitrogens with one attached hydrogen (secondary N) is 1. The van der Waals surface area contributed by atoms with Crippen molar-refractivity contribution < 1.29 is 4.79 Å². The highest BCUT2D eigenvalue weighted by molar-refractivity contribution is 5.95. The summed E-state index contributed by atoms with van der Waals surface area (Å²) >= 11 is 0. The zero-order chi connectivity index (χ0) is 20.1. The quantitative estimate of drug-likeness (QED) is 0.558. The van der Waals surface area contributed by atoms with Crippen molar-refractivity contribution in [3.63, 3.8) is 0 Å². The summed E-state index contributed by atoms with van der Waals surface area (Å²) in [4.78, 5) is 17.3. The van der Waals surface area contributed by atoms with E-state index in [1.54, 1.807) is 0 Å². The molecule has 0 spiro atoms. The molecule has 4 nitrogen and oxygen atoms in total. The fraction of sp³-hybridized carbons (Fsp3) is 0.417. The first-order valence-corrected chi connectivity index (χ1v) is 10.3. The minimum Gasteiger partial charge on any atom is -0.352 e. The van der Waals surface area contributed by atoms with Crippen molar-refractivity contribution in [2.45, 2.75) is 53.5 Å². The van der Waals surface area contributed by atoms with Crippen molar-refractivity contribution in [1.82, 2.24) is 14.9 Å². The van der Waals surface area contributed by atoms with Crippen LogP contribution in [0.5, 0.6) is 0 Å². The second-order valence-electron chi connectivity index (χ2n) is 7.82. The lowest BCUT2D eigenvalue weighted by Crippen LogP contribution is -2.25. The van der Waals surface area contributed by atoms with Gasteiger partial charge in [-0.1, -0.05) is 50.1 Å². The van der Waals surface area contributed by atoms with Crippen molar-refractivity contribution in [3.8, 4) is 0 Å². The molecule has 1 heterocycles. The molecule has 148 valence electrons. The molecular formula is C24H31N3O. The number of imidazole rings is 1. The van der Waals surface area contributed by atoms with Crippen LogP contribution in [0.15, 0.2) is 42.5 Å². The van der Waals surface area contributed by atoms with Crippen LogP contribution in [0, 0.1) is 19.8 Å². The van der Waals surface area contributed by atoms with Gasteiger partial charge in [0.2, 0.25) is 0 Å². The molecule has 4 heteroatoms. The minimum atomic E-state index is 0.00519. The van der Waals surface area contributed by atoms with E-state index in [4.69, 9.17) is 4.98 Å². The van der Waals surface area contributed by atoms with Crippen LogP contribution in [-0.4, -0.2) is 22.0 Å². The maximum Gasteiger partial charge on any atom is 0.251 e. The van der Waals surface area contributed by atoms with Crippen molar-refractivity contribution in [3.05, 3.63) is 65.0 Å². The fourth-order valence-corrected chi connectivity index (χ4v) is 3.57. The summed E-state index contributed by atoms with van der Waals surface area (Å²) in [6, 6.07) is 14.3. The molecule has 0 saturated heterocycles. The number of benzene rings is 2. The number of aryl methyl sites for hydroxylation is 3. The third kappa shape index (κ3) is 4.61. The van der Waals surface area contributed by atoms with Crippen LogP contribution in [0.3, 0.4) is 0 Å². The highest BCUT2D eigenvalue weighted by atomic mass is 16.1. The molecule has 0 aliphatic carbocycles. The Bertz CT molecular complexity index is 958. The summed E-state index contributed by atoms with van der Waals surface area (Å²) in [6.45, 7) is 10.2. The Morgan fingerprint density at radius 2 is 1.96 bits per heavy atom. The summed E-state index contributed by atoms with van der Waals surface area (Å²) < 4.78 is 2.36. The number of hydrogen-bond acceptors (Lipinski definition) is 2. The summed E-state index contributed by atoms with van der Waals surface area (Å²) in [5.74, 6) is 1.73. The Balaban J connectivity index is 1.63. The predicted octanol–water partition coefficient (Wildman–Crippen LogP) is 5.06. The molecule has 0 aliphatic rings. The highest BCUT2D eigenvalue weighted by Gasteiger charge is 2.13.